The molecular formula is C20H14Cl2FN3O2. The zero-order valence-electron chi connectivity index (χ0n) is 14.5. The lowest BCUT2D eigenvalue weighted by atomic mass is 9.91. The van der Waals surface area contributed by atoms with Crippen LogP contribution in [0.4, 0.5) is 10.1 Å². The number of benzene rings is 1. The van der Waals surface area contributed by atoms with Gasteiger partial charge in [0.15, 0.2) is 0 Å². The summed E-state index contributed by atoms with van der Waals surface area (Å²) in [6.45, 7) is 0.751. The molecule has 2 aromatic rings. The molecule has 0 radical (unpaired) electrons. The second-order valence-corrected chi connectivity index (χ2v) is 7.97. The van der Waals surface area contributed by atoms with E-state index >= 15 is 0 Å². The fourth-order valence-electron chi connectivity index (χ4n) is 4.53. The topological polar surface area (TPSA) is 53.5 Å². The van der Waals surface area contributed by atoms with Gasteiger partial charge in [-0.25, -0.2) is 9.88 Å². The van der Waals surface area contributed by atoms with Gasteiger partial charge in [0.1, 0.15) is 0 Å². The van der Waals surface area contributed by atoms with Gasteiger partial charge in [0.05, 0.1) is 23.2 Å². The zero-order chi connectivity index (χ0) is 19.6. The number of fused-ring (bicyclic) bond motifs is 2. The van der Waals surface area contributed by atoms with Crippen LogP contribution >= 0.6 is 23.2 Å². The Morgan fingerprint density at radius 3 is 2.54 bits per heavy atom. The zero-order valence-corrected chi connectivity index (χ0v) is 16.0. The van der Waals surface area contributed by atoms with Crippen LogP contribution in [0.25, 0.3) is 0 Å². The van der Waals surface area contributed by atoms with Crippen LogP contribution in [0.2, 0.25) is 10.0 Å². The molecule has 2 unspecified atom stereocenters. The molecule has 4 heterocycles. The first-order valence-corrected chi connectivity index (χ1v) is 9.67. The molecule has 142 valence electrons. The monoisotopic (exact) mass is 417 g/mol. The van der Waals surface area contributed by atoms with Crippen LogP contribution in [0.1, 0.15) is 24.4 Å². The number of carbonyl (C=O) groups excluding carboxylic acids is 2. The summed E-state index contributed by atoms with van der Waals surface area (Å²) in [6, 6.07) is 7.19. The number of amides is 2. The summed E-state index contributed by atoms with van der Waals surface area (Å²) < 4.78 is 13.3. The molecule has 0 spiro atoms. The van der Waals surface area contributed by atoms with Gasteiger partial charge in [0, 0.05) is 28.5 Å². The number of rotatable bonds is 2. The van der Waals surface area contributed by atoms with Gasteiger partial charge in [-0.15, -0.1) is 0 Å². The lowest BCUT2D eigenvalue weighted by molar-refractivity contribution is -0.123. The molecule has 5 nitrogen and oxygen atoms in total. The van der Waals surface area contributed by atoms with Gasteiger partial charge in [-0.1, -0.05) is 29.3 Å². The predicted molar refractivity (Wildman–Crippen MR) is 102 cm³/mol. The van der Waals surface area contributed by atoms with Gasteiger partial charge in [-0.3, -0.25) is 9.59 Å². The molecule has 2 saturated heterocycles. The molecule has 2 amide bonds. The van der Waals surface area contributed by atoms with Gasteiger partial charge in [0.25, 0.3) is 5.91 Å². The highest BCUT2D eigenvalue weighted by molar-refractivity contribution is 6.36. The van der Waals surface area contributed by atoms with Gasteiger partial charge in [-0.2, -0.15) is 4.39 Å². The Hall–Kier alpha value is -2.44. The molecular weight excluding hydrogens is 404 g/mol. The van der Waals surface area contributed by atoms with Gasteiger partial charge in [0.2, 0.25) is 11.9 Å². The fraction of sp³-hybridized carbons (Fsp3) is 0.250. The van der Waals surface area contributed by atoms with Crippen LogP contribution in [0.3, 0.4) is 0 Å². The minimum atomic E-state index is -0.646. The summed E-state index contributed by atoms with van der Waals surface area (Å²) in [7, 11) is 0. The average molecular weight is 418 g/mol. The fourth-order valence-corrected chi connectivity index (χ4v) is 5.05. The Balaban J connectivity index is 1.63. The molecule has 1 aromatic carbocycles. The van der Waals surface area contributed by atoms with Crippen LogP contribution in [0.5, 0.6) is 0 Å². The van der Waals surface area contributed by atoms with E-state index in [1.165, 1.54) is 12.3 Å². The first-order chi connectivity index (χ1) is 13.5. The average Bonchev–Trinajstić information content (AvgIpc) is 3.27. The maximum Gasteiger partial charge on any atom is 0.263 e. The van der Waals surface area contributed by atoms with E-state index in [1.54, 1.807) is 24.3 Å². The van der Waals surface area contributed by atoms with Crippen molar-refractivity contribution < 1.29 is 14.0 Å². The summed E-state index contributed by atoms with van der Waals surface area (Å²) >= 11 is 12.2. The number of allylic oxidation sites excluding steroid dienone is 1. The molecule has 0 saturated carbocycles. The van der Waals surface area contributed by atoms with Crippen molar-refractivity contribution in [3.8, 4) is 0 Å². The van der Waals surface area contributed by atoms with Crippen molar-refractivity contribution >= 4 is 40.7 Å². The van der Waals surface area contributed by atoms with Crippen molar-refractivity contribution in [3.05, 3.63) is 69.4 Å². The van der Waals surface area contributed by atoms with Crippen molar-refractivity contribution in [1.29, 1.82) is 0 Å². The standard InChI is InChI=1S/C20H14Cl2FN3O2/c21-11-6-12(22)8-13(7-11)26-19(27)16-14-2-1-5-25(14)18(17(16)20(26)28)10-3-4-15(23)24-9-10/h3-4,6-9,17-18H,1-2,5H2. The SMILES string of the molecule is O=C1C2=C3CCCN3C(c3ccc(F)nc3)C2C(=O)N1c1cc(Cl)cc(Cl)c1. The number of carbonyl (C=O) groups is 2. The highest BCUT2D eigenvalue weighted by Crippen LogP contribution is 2.52. The largest absolute Gasteiger partial charge is 0.366 e. The van der Waals surface area contributed by atoms with E-state index in [9.17, 15) is 14.0 Å². The molecule has 2 atom stereocenters. The summed E-state index contributed by atoms with van der Waals surface area (Å²) in [6.07, 6.45) is 3.08. The van der Waals surface area contributed by atoms with Crippen molar-refractivity contribution in [2.45, 2.75) is 18.9 Å². The molecule has 0 bridgehead atoms. The van der Waals surface area contributed by atoms with Gasteiger partial charge in [-0.05, 0) is 42.7 Å². The Labute approximate surface area is 170 Å². The van der Waals surface area contributed by atoms with E-state index in [0.29, 0.717) is 26.9 Å². The van der Waals surface area contributed by atoms with Crippen molar-refractivity contribution in [2.24, 2.45) is 5.92 Å². The molecule has 8 heteroatoms. The van der Waals surface area contributed by atoms with Crippen molar-refractivity contribution in [2.75, 3.05) is 11.4 Å². The Kier molecular flexibility index (Phi) is 3.96. The first-order valence-electron chi connectivity index (χ1n) is 8.91. The number of pyridine rings is 1. The summed E-state index contributed by atoms with van der Waals surface area (Å²) in [5.74, 6) is -1.89. The van der Waals surface area contributed by atoms with E-state index in [1.807, 2.05) is 0 Å². The summed E-state index contributed by atoms with van der Waals surface area (Å²) in [5, 5.41) is 0.694. The van der Waals surface area contributed by atoms with Gasteiger partial charge >= 0.3 is 0 Å². The smallest absolute Gasteiger partial charge is 0.263 e. The van der Waals surface area contributed by atoms with Crippen molar-refractivity contribution in [3.63, 3.8) is 0 Å². The molecule has 28 heavy (non-hydrogen) atoms. The minimum Gasteiger partial charge on any atom is -0.366 e. The number of anilines is 1. The molecule has 0 N–H and O–H groups in total. The molecule has 3 aliphatic heterocycles. The normalized spacial score (nSPS) is 23.7. The Morgan fingerprint density at radius 2 is 1.86 bits per heavy atom. The maximum atomic E-state index is 13.4. The molecule has 5 rings (SSSR count). The van der Waals surface area contributed by atoms with Crippen LogP contribution in [-0.2, 0) is 9.59 Å². The third-order valence-corrected chi connectivity index (χ3v) is 5.99. The lowest BCUT2D eigenvalue weighted by Crippen LogP contribution is -2.35. The predicted octanol–water partition coefficient (Wildman–Crippen LogP) is 4.12. The number of nitrogens with zero attached hydrogens (tertiary/aromatic N) is 3. The van der Waals surface area contributed by atoms with E-state index in [-0.39, 0.29) is 17.9 Å². The van der Waals surface area contributed by atoms with E-state index in [4.69, 9.17) is 23.2 Å². The van der Waals surface area contributed by atoms with Gasteiger partial charge < -0.3 is 4.90 Å². The summed E-state index contributed by atoms with van der Waals surface area (Å²) in [5.41, 5.74) is 2.49. The third kappa shape index (κ3) is 2.48. The number of halogens is 3. The number of aromatic nitrogens is 1. The highest BCUT2D eigenvalue weighted by atomic mass is 35.5. The van der Waals surface area contributed by atoms with E-state index < -0.39 is 11.9 Å². The molecule has 3 aliphatic rings. The van der Waals surface area contributed by atoms with Crippen LogP contribution < -0.4 is 4.90 Å². The Bertz CT molecular complexity index is 1030. The second-order valence-electron chi connectivity index (χ2n) is 7.10. The number of hydrogen-bond acceptors (Lipinski definition) is 4. The number of hydrogen-bond donors (Lipinski definition) is 0. The number of imide groups is 1. The molecule has 1 aromatic heterocycles. The second kappa shape index (κ2) is 6.29. The van der Waals surface area contributed by atoms with Crippen molar-refractivity contribution in [1.82, 2.24) is 9.88 Å². The lowest BCUT2D eigenvalue weighted by Gasteiger charge is -2.29. The van der Waals surface area contributed by atoms with Crippen LogP contribution in [-0.4, -0.2) is 28.2 Å². The van der Waals surface area contributed by atoms with Crippen LogP contribution in [0, 0.1) is 11.9 Å². The molecule has 2 fully saturated rings. The Morgan fingerprint density at radius 1 is 1.11 bits per heavy atom. The van der Waals surface area contributed by atoms with E-state index in [2.05, 4.69) is 9.88 Å². The van der Waals surface area contributed by atoms with E-state index in [0.717, 1.165) is 30.0 Å². The minimum absolute atomic E-state index is 0.324. The summed E-state index contributed by atoms with van der Waals surface area (Å²) in [4.78, 5) is 33.6. The quantitative estimate of drug-likeness (QED) is 0.544. The molecule has 0 aliphatic carbocycles. The first kappa shape index (κ1) is 17.6. The van der Waals surface area contributed by atoms with Crippen LogP contribution in [0.15, 0.2) is 47.8 Å². The maximum absolute atomic E-state index is 13.4. The highest BCUT2D eigenvalue weighted by Gasteiger charge is 2.57. The third-order valence-electron chi connectivity index (χ3n) is 5.55.